The topological polar surface area (TPSA) is 24.9 Å². The van der Waals surface area contributed by atoms with E-state index in [4.69, 9.17) is 0 Å². The molecule has 0 fully saturated rings. The van der Waals surface area contributed by atoms with Crippen LogP contribution in [0.1, 0.15) is 49.7 Å². The van der Waals surface area contributed by atoms with Crippen molar-refractivity contribution in [2.75, 3.05) is 6.54 Å². The van der Waals surface area contributed by atoms with Crippen LogP contribution in [0.25, 0.3) is 0 Å². The van der Waals surface area contributed by atoms with Crippen LogP contribution in [0.3, 0.4) is 0 Å². The maximum atomic E-state index is 4.32. The molecule has 1 unspecified atom stereocenters. The summed E-state index contributed by atoms with van der Waals surface area (Å²) in [4.78, 5) is 5.68. The molecule has 1 aromatic rings. The van der Waals surface area contributed by atoms with Crippen molar-refractivity contribution < 1.29 is 0 Å². The average molecular weight is 236 g/mol. The maximum absolute atomic E-state index is 4.32. The van der Waals surface area contributed by atoms with Crippen molar-refractivity contribution >= 4 is 11.3 Å². The molecule has 0 aliphatic rings. The fraction of sp³-hybridized carbons (Fsp3) is 0.615. The van der Waals surface area contributed by atoms with Crippen molar-refractivity contribution in [2.45, 2.75) is 46.1 Å². The van der Waals surface area contributed by atoms with Gasteiger partial charge in [-0.15, -0.1) is 23.2 Å². The van der Waals surface area contributed by atoms with Crippen LogP contribution in [-0.4, -0.2) is 11.5 Å². The Balaban J connectivity index is 2.62. The fourth-order valence-electron chi connectivity index (χ4n) is 1.63. The van der Waals surface area contributed by atoms with Gasteiger partial charge in [0.05, 0.1) is 11.2 Å². The quantitative estimate of drug-likeness (QED) is 0.767. The summed E-state index contributed by atoms with van der Waals surface area (Å²) in [6, 6.07) is 0.424. The van der Waals surface area contributed by atoms with Gasteiger partial charge in [0.15, 0.2) is 0 Å². The highest BCUT2D eigenvalue weighted by molar-refractivity contribution is 7.09. The Labute approximate surface area is 102 Å². The predicted molar refractivity (Wildman–Crippen MR) is 70.6 cm³/mol. The minimum absolute atomic E-state index is 0.424. The molecule has 1 atom stereocenters. The molecular formula is C13H20N2S. The summed E-state index contributed by atoms with van der Waals surface area (Å²) in [7, 11) is 0. The van der Waals surface area contributed by atoms with Crippen molar-refractivity contribution in [2.24, 2.45) is 0 Å². The van der Waals surface area contributed by atoms with Crippen LogP contribution in [-0.2, 0) is 0 Å². The third-order valence-electron chi connectivity index (χ3n) is 2.47. The monoisotopic (exact) mass is 236 g/mol. The molecule has 0 saturated heterocycles. The lowest BCUT2D eigenvalue weighted by Gasteiger charge is -2.16. The summed E-state index contributed by atoms with van der Waals surface area (Å²) in [6.07, 6.45) is 3.19. The highest BCUT2D eigenvalue weighted by atomic mass is 32.1. The Kier molecular flexibility index (Phi) is 6.14. The second-order valence-corrected chi connectivity index (χ2v) is 4.66. The SMILES string of the molecule is CC#CCCC(NCCC)c1scnc1C. The molecule has 3 heteroatoms. The molecule has 0 saturated carbocycles. The van der Waals surface area contributed by atoms with Crippen LogP contribution in [0.4, 0.5) is 0 Å². The lowest BCUT2D eigenvalue weighted by molar-refractivity contribution is 0.510. The van der Waals surface area contributed by atoms with Crippen LogP contribution < -0.4 is 5.32 Å². The average Bonchev–Trinajstić information content (AvgIpc) is 2.70. The largest absolute Gasteiger partial charge is 0.309 e. The first-order valence-corrected chi connectivity index (χ1v) is 6.70. The van der Waals surface area contributed by atoms with Crippen molar-refractivity contribution in [1.82, 2.24) is 10.3 Å². The molecule has 0 bridgehead atoms. The van der Waals surface area contributed by atoms with Gasteiger partial charge >= 0.3 is 0 Å². The van der Waals surface area contributed by atoms with Crippen LogP contribution >= 0.6 is 11.3 Å². The van der Waals surface area contributed by atoms with E-state index in [9.17, 15) is 0 Å². The van der Waals surface area contributed by atoms with Gasteiger partial charge in [-0.1, -0.05) is 6.92 Å². The van der Waals surface area contributed by atoms with E-state index in [-0.39, 0.29) is 0 Å². The molecule has 1 rings (SSSR count). The number of aryl methyl sites for hydroxylation is 1. The molecular weight excluding hydrogens is 216 g/mol. The normalized spacial score (nSPS) is 11.9. The minimum Gasteiger partial charge on any atom is -0.309 e. The fourth-order valence-corrected chi connectivity index (χ4v) is 2.54. The molecule has 0 radical (unpaired) electrons. The van der Waals surface area contributed by atoms with E-state index in [1.807, 2.05) is 12.4 Å². The molecule has 88 valence electrons. The zero-order valence-electron chi connectivity index (χ0n) is 10.3. The van der Waals surface area contributed by atoms with Gasteiger partial charge in [0.1, 0.15) is 0 Å². The number of thiazole rings is 1. The van der Waals surface area contributed by atoms with Gasteiger partial charge in [0, 0.05) is 17.3 Å². The smallest absolute Gasteiger partial charge is 0.0798 e. The van der Waals surface area contributed by atoms with Crippen LogP contribution in [0.15, 0.2) is 5.51 Å². The van der Waals surface area contributed by atoms with E-state index in [2.05, 4.69) is 36.0 Å². The second kappa shape index (κ2) is 7.43. The van der Waals surface area contributed by atoms with Gasteiger partial charge in [-0.05, 0) is 33.2 Å². The Morgan fingerprint density at radius 2 is 2.38 bits per heavy atom. The van der Waals surface area contributed by atoms with Gasteiger partial charge in [0.25, 0.3) is 0 Å². The molecule has 0 aromatic carbocycles. The molecule has 0 amide bonds. The van der Waals surface area contributed by atoms with Crippen LogP contribution in [0.2, 0.25) is 0 Å². The zero-order valence-corrected chi connectivity index (χ0v) is 11.2. The van der Waals surface area contributed by atoms with Gasteiger partial charge in [-0.2, -0.15) is 0 Å². The molecule has 2 nitrogen and oxygen atoms in total. The number of nitrogens with zero attached hydrogens (tertiary/aromatic N) is 1. The molecule has 1 N–H and O–H groups in total. The highest BCUT2D eigenvalue weighted by Crippen LogP contribution is 2.25. The van der Waals surface area contributed by atoms with Gasteiger partial charge < -0.3 is 5.32 Å². The van der Waals surface area contributed by atoms with Crippen LogP contribution in [0.5, 0.6) is 0 Å². The Morgan fingerprint density at radius 3 is 2.94 bits per heavy atom. The first kappa shape index (κ1) is 13.2. The van der Waals surface area contributed by atoms with E-state index in [1.54, 1.807) is 11.3 Å². The third kappa shape index (κ3) is 3.96. The number of aromatic nitrogens is 1. The number of hydrogen-bond donors (Lipinski definition) is 1. The van der Waals surface area contributed by atoms with Gasteiger partial charge in [-0.3, -0.25) is 0 Å². The molecule has 16 heavy (non-hydrogen) atoms. The molecule has 0 aliphatic heterocycles. The first-order chi connectivity index (χ1) is 7.79. The van der Waals surface area contributed by atoms with Gasteiger partial charge in [0.2, 0.25) is 0 Å². The van der Waals surface area contributed by atoms with Crippen molar-refractivity contribution in [3.8, 4) is 11.8 Å². The number of rotatable bonds is 6. The number of nitrogens with one attached hydrogen (secondary N) is 1. The summed E-state index contributed by atoms with van der Waals surface area (Å²) < 4.78 is 0. The maximum Gasteiger partial charge on any atom is 0.0798 e. The Morgan fingerprint density at radius 1 is 1.56 bits per heavy atom. The lowest BCUT2D eigenvalue weighted by atomic mass is 10.1. The van der Waals surface area contributed by atoms with E-state index in [0.29, 0.717) is 6.04 Å². The van der Waals surface area contributed by atoms with Crippen molar-refractivity contribution in [1.29, 1.82) is 0 Å². The Bertz CT molecular complexity index is 359. The minimum atomic E-state index is 0.424. The van der Waals surface area contributed by atoms with Crippen molar-refractivity contribution in [3.63, 3.8) is 0 Å². The van der Waals surface area contributed by atoms with Crippen molar-refractivity contribution in [3.05, 3.63) is 16.1 Å². The standard InChI is InChI=1S/C13H20N2S/c1-4-6-7-8-12(14-9-5-2)13-11(3)15-10-16-13/h10,12,14H,5,7-9H2,1-3H3. The summed E-state index contributed by atoms with van der Waals surface area (Å²) in [5.41, 5.74) is 3.08. The third-order valence-corrected chi connectivity index (χ3v) is 3.52. The summed E-state index contributed by atoms with van der Waals surface area (Å²) in [5.74, 6) is 6.08. The van der Waals surface area contributed by atoms with E-state index in [0.717, 1.165) is 31.5 Å². The highest BCUT2D eigenvalue weighted by Gasteiger charge is 2.14. The van der Waals surface area contributed by atoms with E-state index < -0.39 is 0 Å². The summed E-state index contributed by atoms with van der Waals surface area (Å²) in [5, 5.41) is 3.57. The lowest BCUT2D eigenvalue weighted by Crippen LogP contribution is -2.21. The molecule has 0 aliphatic carbocycles. The molecule has 1 aromatic heterocycles. The first-order valence-electron chi connectivity index (χ1n) is 5.82. The van der Waals surface area contributed by atoms with E-state index in [1.165, 1.54) is 4.88 Å². The number of hydrogen-bond acceptors (Lipinski definition) is 3. The summed E-state index contributed by atoms with van der Waals surface area (Å²) >= 11 is 1.74. The zero-order chi connectivity index (χ0) is 11.8. The Hall–Kier alpha value is -0.850. The summed E-state index contributed by atoms with van der Waals surface area (Å²) in [6.45, 7) is 7.22. The van der Waals surface area contributed by atoms with Gasteiger partial charge in [-0.25, -0.2) is 4.98 Å². The van der Waals surface area contributed by atoms with Crippen LogP contribution in [0, 0.1) is 18.8 Å². The second-order valence-electron chi connectivity index (χ2n) is 3.77. The molecule has 0 spiro atoms. The molecule has 1 heterocycles. The van der Waals surface area contributed by atoms with E-state index >= 15 is 0 Å². The predicted octanol–water partition coefficient (Wildman–Crippen LogP) is 3.30.